The van der Waals surface area contributed by atoms with Gasteiger partial charge in [-0.2, -0.15) is 0 Å². The van der Waals surface area contributed by atoms with Crippen LogP contribution in [0.15, 0.2) is 59.4 Å². The predicted octanol–water partition coefficient (Wildman–Crippen LogP) is 2.85. The van der Waals surface area contributed by atoms with E-state index in [9.17, 15) is 4.79 Å². The first-order valence-corrected chi connectivity index (χ1v) is 7.65. The monoisotopic (exact) mass is 340 g/mol. The quantitative estimate of drug-likeness (QED) is 0.432. The molecule has 0 saturated carbocycles. The molecule has 7 heteroatoms. The van der Waals surface area contributed by atoms with Gasteiger partial charge < -0.3 is 15.0 Å². The lowest BCUT2D eigenvalue weighted by molar-refractivity contribution is 0.415. The third kappa shape index (κ3) is 3.64. The fraction of sp³-hybridized carbons (Fsp3) is 0.0588. The number of thiocarbonyl (C=S) groups is 1. The summed E-state index contributed by atoms with van der Waals surface area (Å²) in [7, 11) is 1.59. The summed E-state index contributed by atoms with van der Waals surface area (Å²) >= 11 is 5.24. The van der Waals surface area contributed by atoms with Crippen LogP contribution in [0.25, 0.3) is 10.9 Å². The number of methoxy groups -OCH3 is 1. The number of hydrogen-bond donors (Lipinski definition) is 4. The van der Waals surface area contributed by atoms with Crippen LogP contribution in [-0.4, -0.2) is 17.2 Å². The molecule has 0 fully saturated rings. The summed E-state index contributed by atoms with van der Waals surface area (Å²) in [4.78, 5) is 14.6. The second-order valence-electron chi connectivity index (χ2n) is 5.03. The van der Waals surface area contributed by atoms with Gasteiger partial charge in [-0.05, 0) is 42.5 Å². The van der Waals surface area contributed by atoms with E-state index in [1.54, 1.807) is 19.2 Å². The van der Waals surface area contributed by atoms with Gasteiger partial charge in [-0.3, -0.25) is 15.6 Å². The number of aromatic amines is 1. The molecule has 3 rings (SSSR count). The molecule has 0 aliphatic heterocycles. The lowest BCUT2D eigenvalue weighted by Gasteiger charge is -2.14. The Balaban J connectivity index is 1.79. The number of para-hydroxylation sites is 1. The first-order valence-electron chi connectivity index (χ1n) is 7.25. The molecule has 0 aliphatic carbocycles. The maximum atomic E-state index is 11.8. The number of rotatable bonds is 4. The molecule has 0 amide bonds. The maximum absolute atomic E-state index is 11.8. The van der Waals surface area contributed by atoms with Gasteiger partial charge in [0.1, 0.15) is 5.75 Å². The second-order valence-corrected chi connectivity index (χ2v) is 5.44. The van der Waals surface area contributed by atoms with Crippen LogP contribution in [0, 0.1) is 0 Å². The average molecular weight is 340 g/mol. The molecule has 3 aromatic rings. The minimum Gasteiger partial charge on any atom is -0.497 e. The molecule has 1 aromatic heterocycles. The topological polar surface area (TPSA) is 78.2 Å². The van der Waals surface area contributed by atoms with Crippen molar-refractivity contribution in [2.75, 3.05) is 17.9 Å². The highest BCUT2D eigenvalue weighted by molar-refractivity contribution is 7.80. The molecule has 24 heavy (non-hydrogen) atoms. The van der Waals surface area contributed by atoms with Gasteiger partial charge >= 0.3 is 0 Å². The van der Waals surface area contributed by atoms with Crippen molar-refractivity contribution < 1.29 is 4.74 Å². The summed E-state index contributed by atoms with van der Waals surface area (Å²) < 4.78 is 5.23. The van der Waals surface area contributed by atoms with Crippen molar-refractivity contribution in [1.82, 2.24) is 10.4 Å². The van der Waals surface area contributed by atoms with Gasteiger partial charge in [0.05, 0.1) is 18.3 Å². The lowest BCUT2D eigenvalue weighted by Crippen LogP contribution is -2.33. The van der Waals surface area contributed by atoms with Gasteiger partial charge in [0.2, 0.25) is 0 Å². The third-order valence-corrected chi connectivity index (χ3v) is 3.60. The van der Waals surface area contributed by atoms with Gasteiger partial charge in [-0.15, -0.1) is 0 Å². The van der Waals surface area contributed by atoms with E-state index < -0.39 is 0 Å². The average Bonchev–Trinajstić information content (AvgIpc) is 2.60. The highest BCUT2D eigenvalue weighted by atomic mass is 32.1. The van der Waals surface area contributed by atoms with Crippen LogP contribution in [0.5, 0.6) is 5.75 Å². The molecule has 122 valence electrons. The molecule has 4 N–H and O–H groups in total. The minimum atomic E-state index is -0.209. The largest absolute Gasteiger partial charge is 0.497 e. The predicted molar refractivity (Wildman–Crippen MR) is 101 cm³/mol. The molecule has 0 spiro atoms. The number of ether oxygens (including phenoxy) is 1. The standard InChI is InChI=1S/C17H16N4O2S/c1-23-12-7-8-14-13(9-12)15(10-16(22)19-14)20-21-17(24)18-11-5-3-2-4-6-11/h2-10H,1H3,(H2,18,21,24)(H2,19,20,22). The van der Waals surface area contributed by atoms with Gasteiger partial charge in [0, 0.05) is 17.1 Å². The SMILES string of the molecule is COc1ccc2[nH]c(=O)cc(NNC(=S)Nc3ccccc3)c2c1. The first-order chi connectivity index (χ1) is 11.7. The molecule has 0 atom stereocenters. The molecule has 0 aliphatic rings. The number of nitrogens with one attached hydrogen (secondary N) is 4. The van der Waals surface area contributed by atoms with E-state index in [2.05, 4.69) is 21.2 Å². The number of pyridine rings is 1. The van der Waals surface area contributed by atoms with E-state index in [1.165, 1.54) is 6.07 Å². The zero-order valence-electron chi connectivity index (χ0n) is 12.9. The normalized spacial score (nSPS) is 10.2. The fourth-order valence-corrected chi connectivity index (χ4v) is 2.44. The summed E-state index contributed by atoms with van der Waals surface area (Å²) in [5.74, 6) is 0.697. The molecule has 2 aromatic carbocycles. The van der Waals surface area contributed by atoms with Gasteiger partial charge in [0.15, 0.2) is 5.11 Å². The Morgan fingerprint density at radius 1 is 1.12 bits per heavy atom. The Kier molecular flexibility index (Phi) is 4.62. The number of hydrogen-bond acceptors (Lipinski definition) is 4. The van der Waals surface area contributed by atoms with Crippen molar-refractivity contribution in [1.29, 1.82) is 0 Å². The van der Waals surface area contributed by atoms with Crippen molar-refractivity contribution in [2.45, 2.75) is 0 Å². The van der Waals surface area contributed by atoms with E-state index in [1.807, 2.05) is 36.4 Å². The number of anilines is 2. The van der Waals surface area contributed by atoms with E-state index >= 15 is 0 Å². The number of aromatic nitrogens is 1. The van der Waals surface area contributed by atoms with E-state index in [0.29, 0.717) is 22.1 Å². The molecular weight excluding hydrogens is 324 g/mol. The molecule has 1 heterocycles. The van der Waals surface area contributed by atoms with Crippen molar-refractivity contribution in [3.05, 3.63) is 65.0 Å². The number of H-pyrrole nitrogens is 1. The van der Waals surface area contributed by atoms with Gasteiger partial charge in [-0.25, -0.2) is 0 Å². The molecular formula is C17H16N4O2S. The van der Waals surface area contributed by atoms with E-state index in [4.69, 9.17) is 17.0 Å². The van der Waals surface area contributed by atoms with Crippen LogP contribution in [0.4, 0.5) is 11.4 Å². The summed E-state index contributed by atoms with van der Waals surface area (Å²) in [5.41, 5.74) is 7.82. The van der Waals surface area contributed by atoms with E-state index in [0.717, 1.165) is 11.1 Å². The Hall–Kier alpha value is -3.06. The number of hydrazine groups is 1. The van der Waals surface area contributed by atoms with Gasteiger partial charge in [0.25, 0.3) is 5.56 Å². The van der Waals surface area contributed by atoms with Crippen LogP contribution in [-0.2, 0) is 0 Å². The van der Waals surface area contributed by atoms with Crippen LogP contribution in [0.2, 0.25) is 0 Å². The fourth-order valence-electron chi connectivity index (χ4n) is 2.27. The van der Waals surface area contributed by atoms with Crippen molar-refractivity contribution in [3.8, 4) is 5.75 Å². The Bertz CT molecular complexity index is 925. The molecule has 0 unspecified atom stereocenters. The van der Waals surface area contributed by atoms with Gasteiger partial charge in [-0.1, -0.05) is 18.2 Å². The van der Waals surface area contributed by atoms with Crippen LogP contribution >= 0.6 is 12.2 Å². The minimum absolute atomic E-state index is 0.209. The summed E-state index contributed by atoms with van der Waals surface area (Å²) in [6.45, 7) is 0. The highest BCUT2D eigenvalue weighted by Gasteiger charge is 2.06. The number of benzene rings is 2. The molecule has 6 nitrogen and oxygen atoms in total. The second kappa shape index (κ2) is 7.01. The first kappa shape index (κ1) is 15.8. The van der Waals surface area contributed by atoms with Crippen LogP contribution in [0.3, 0.4) is 0 Å². The van der Waals surface area contributed by atoms with Crippen molar-refractivity contribution in [3.63, 3.8) is 0 Å². The maximum Gasteiger partial charge on any atom is 0.250 e. The Morgan fingerprint density at radius 2 is 1.92 bits per heavy atom. The number of fused-ring (bicyclic) bond motifs is 1. The van der Waals surface area contributed by atoms with Crippen LogP contribution < -0.4 is 26.5 Å². The summed E-state index contributed by atoms with van der Waals surface area (Å²) in [5, 5.41) is 4.24. The third-order valence-electron chi connectivity index (χ3n) is 3.39. The zero-order chi connectivity index (χ0) is 16.9. The van der Waals surface area contributed by atoms with Crippen molar-refractivity contribution >= 4 is 39.6 Å². The molecule has 0 bridgehead atoms. The smallest absolute Gasteiger partial charge is 0.250 e. The summed E-state index contributed by atoms with van der Waals surface area (Å²) in [6.07, 6.45) is 0. The zero-order valence-corrected chi connectivity index (χ0v) is 13.7. The Labute approximate surface area is 143 Å². The van der Waals surface area contributed by atoms with Crippen molar-refractivity contribution in [2.24, 2.45) is 0 Å². The van der Waals surface area contributed by atoms with Crippen LogP contribution in [0.1, 0.15) is 0 Å². The Morgan fingerprint density at radius 3 is 2.67 bits per heavy atom. The highest BCUT2D eigenvalue weighted by Crippen LogP contribution is 2.24. The van der Waals surface area contributed by atoms with E-state index in [-0.39, 0.29) is 5.56 Å². The lowest BCUT2D eigenvalue weighted by atomic mass is 10.2. The molecule has 0 radical (unpaired) electrons. The molecule has 0 saturated heterocycles. The summed E-state index contributed by atoms with van der Waals surface area (Å²) in [6, 6.07) is 16.4.